The van der Waals surface area contributed by atoms with Gasteiger partial charge in [-0.3, -0.25) is 9.10 Å². The van der Waals surface area contributed by atoms with E-state index in [1.54, 1.807) is 24.3 Å². The van der Waals surface area contributed by atoms with Crippen molar-refractivity contribution in [2.45, 2.75) is 26.7 Å². The molecule has 0 spiro atoms. The Morgan fingerprint density at radius 1 is 1.07 bits per heavy atom. The first-order valence-electron chi connectivity index (χ1n) is 8.82. The monoisotopic (exact) mass is 390 g/mol. The minimum absolute atomic E-state index is 0.312. The van der Waals surface area contributed by atoms with Crippen LogP contribution in [0, 0.1) is 0 Å². The zero-order chi connectivity index (χ0) is 20.0. The zero-order valence-electron chi connectivity index (χ0n) is 16.2. The fourth-order valence-electron chi connectivity index (χ4n) is 2.88. The molecule has 2 rings (SSSR count). The molecule has 0 unspecified atom stereocenters. The van der Waals surface area contributed by atoms with Gasteiger partial charge in [0.05, 0.1) is 19.1 Å². The molecule has 1 amide bonds. The topological polar surface area (TPSA) is 75.7 Å². The summed E-state index contributed by atoms with van der Waals surface area (Å²) in [4.78, 5) is 12.7. The lowest BCUT2D eigenvalue weighted by atomic mass is 10.0. The second-order valence-electron chi connectivity index (χ2n) is 6.18. The van der Waals surface area contributed by atoms with Crippen LogP contribution in [0.5, 0.6) is 5.75 Å². The molecular weight excluding hydrogens is 364 g/mol. The van der Waals surface area contributed by atoms with Crippen molar-refractivity contribution < 1.29 is 17.9 Å². The smallest absolute Gasteiger partial charge is 0.245 e. The Hall–Kier alpha value is -2.54. The molecule has 0 saturated carbocycles. The standard InChI is InChI=1S/C20H26N2O4S/c1-5-15-9-7-10-16(6-2)20(15)21-19(23)14-22(27(4,24)25)17-11-8-12-18(13-17)26-3/h7-13H,5-6,14H2,1-4H3,(H,21,23). The van der Waals surface area contributed by atoms with E-state index in [0.717, 1.165) is 40.2 Å². The third-order valence-corrected chi connectivity index (χ3v) is 5.43. The van der Waals surface area contributed by atoms with Crippen LogP contribution in [-0.4, -0.2) is 34.2 Å². The van der Waals surface area contributed by atoms with Crippen molar-refractivity contribution in [2.24, 2.45) is 0 Å². The molecule has 0 saturated heterocycles. The molecule has 6 nitrogen and oxygen atoms in total. The second kappa shape index (κ2) is 8.90. The predicted octanol–water partition coefficient (Wildman–Crippen LogP) is 3.22. The maximum atomic E-state index is 12.7. The van der Waals surface area contributed by atoms with Crippen molar-refractivity contribution in [1.29, 1.82) is 0 Å². The van der Waals surface area contributed by atoms with Gasteiger partial charge in [-0.25, -0.2) is 8.42 Å². The summed E-state index contributed by atoms with van der Waals surface area (Å²) in [6.45, 7) is 3.72. The summed E-state index contributed by atoms with van der Waals surface area (Å²) in [5.74, 6) is 0.130. The van der Waals surface area contributed by atoms with Gasteiger partial charge >= 0.3 is 0 Å². The van der Waals surface area contributed by atoms with Crippen LogP contribution < -0.4 is 14.4 Å². The average Bonchev–Trinajstić information content (AvgIpc) is 2.65. The highest BCUT2D eigenvalue weighted by molar-refractivity contribution is 7.92. The van der Waals surface area contributed by atoms with Gasteiger partial charge in [-0.15, -0.1) is 0 Å². The van der Waals surface area contributed by atoms with Crippen LogP contribution in [0.1, 0.15) is 25.0 Å². The third-order valence-electron chi connectivity index (χ3n) is 4.29. The van der Waals surface area contributed by atoms with Gasteiger partial charge in [0.1, 0.15) is 12.3 Å². The molecular formula is C20H26N2O4S. The number of carbonyl (C=O) groups excluding carboxylic acids is 1. The van der Waals surface area contributed by atoms with E-state index in [4.69, 9.17) is 4.74 Å². The Morgan fingerprint density at radius 2 is 1.67 bits per heavy atom. The number of amides is 1. The highest BCUT2D eigenvalue weighted by atomic mass is 32.2. The number of sulfonamides is 1. The van der Waals surface area contributed by atoms with E-state index in [-0.39, 0.29) is 12.5 Å². The Balaban J connectivity index is 2.30. The molecule has 0 aromatic heterocycles. The molecule has 0 aliphatic heterocycles. The molecule has 0 radical (unpaired) electrons. The fraction of sp³-hybridized carbons (Fsp3) is 0.350. The van der Waals surface area contributed by atoms with E-state index >= 15 is 0 Å². The first-order chi connectivity index (χ1) is 12.8. The van der Waals surface area contributed by atoms with Gasteiger partial charge in [-0.1, -0.05) is 38.1 Å². The Bertz CT molecular complexity index is 888. The van der Waals surface area contributed by atoms with Crippen LogP contribution in [0.15, 0.2) is 42.5 Å². The van der Waals surface area contributed by atoms with Gasteiger partial charge in [0.25, 0.3) is 0 Å². The van der Waals surface area contributed by atoms with Crippen LogP contribution in [0.4, 0.5) is 11.4 Å². The Kier molecular flexibility index (Phi) is 6.85. The number of hydrogen-bond donors (Lipinski definition) is 1. The normalized spacial score (nSPS) is 11.1. The largest absolute Gasteiger partial charge is 0.497 e. The maximum absolute atomic E-state index is 12.7. The number of aryl methyl sites for hydroxylation is 2. The molecule has 2 aromatic carbocycles. The highest BCUT2D eigenvalue weighted by Gasteiger charge is 2.22. The predicted molar refractivity (Wildman–Crippen MR) is 109 cm³/mol. The van der Waals surface area contributed by atoms with Gasteiger partial charge < -0.3 is 10.1 Å². The van der Waals surface area contributed by atoms with E-state index in [1.165, 1.54) is 7.11 Å². The first-order valence-corrected chi connectivity index (χ1v) is 10.7. The number of nitrogens with one attached hydrogen (secondary N) is 1. The summed E-state index contributed by atoms with van der Waals surface area (Å²) in [6.07, 6.45) is 2.63. The van der Waals surface area contributed by atoms with E-state index in [0.29, 0.717) is 11.4 Å². The first kappa shape index (κ1) is 20.8. The minimum Gasteiger partial charge on any atom is -0.497 e. The fourth-order valence-corrected chi connectivity index (χ4v) is 3.73. The lowest BCUT2D eigenvalue weighted by Crippen LogP contribution is -2.37. The third kappa shape index (κ3) is 5.23. The van der Waals surface area contributed by atoms with E-state index in [1.807, 2.05) is 32.0 Å². The second-order valence-corrected chi connectivity index (χ2v) is 8.08. The SMILES string of the molecule is CCc1cccc(CC)c1NC(=O)CN(c1cccc(OC)c1)S(C)(=O)=O. The van der Waals surface area contributed by atoms with Crippen molar-refractivity contribution in [2.75, 3.05) is 29.5 Å². The number of ether oxygens (including phenoxy) is 1. The van der Waals surface area contributed by atoms with Crippen molar-refractivity contribution in [1.82, 2.24) is 0 Å². The number of hydrogen-bond acceptors (Lipinski definition) is 4. The summed E-state index contributed by atoms with van der Waals surface area (Å²) >= 11 is 0. The molecule has 2 aromatic rings. The van der Waals surface area contributed by atoms with Crippen molar-refractivity contribution in [3.05, 3.63) is 53.6 Å². The lowest BCUT2D eigenvalue weighted by molar-refractivity contribution is -0.114. The van der Waals surface area contributed by atoms with Crippen LogP contribution in [0.3, 0.4) is 0 Å². The molecule has 0 atom stereocenters. The number of nitrogens with zero attached hydrogens (tertiary/aromatic N) is 1. The maximum Gasteiger partial charge on any atom is 0.245 e. The summed E-state index contributed by atoms with van der Waals surface area (Å²) in [6, 6.07) is 12.5. The Morgan fingerprint density at radius 3 is 2.19 bits per heavy atom. The van der Waals surface area contributed by atoms with Crippen molar-refractivity contribution in [3.63, 3.8) is 0 Å². The van der Waals surface area contributed by atoms with Crippen molar-refractivity contribution in [3.8, 4) is 5.75 Å². The number of methoxy groups -OCH3 is 1. The van der Waals surface area contributed by atoms with Gasteiger partial charge in [0, 0.05) is 11.8 Å². The molecule has 0 bridgehead atoms. The molecule has 1 N–H and O–H groups in total. The summed E-state index contributed by atoms with van der Waals surface area (Å²) in [5, 5.41) is 2.91. The summed E-state index contributed by atoms with van der Waals surface area (Å²) < 4.78 is 30.8. The number of anilines is 2. The number of rotatable bonds is 8. The van der Waals surface area contributed by atoms with E-state index in [9.17, 15) is 13.2 Å². The molecule has 0 aliphatic rings. The average molecular weight is 391 g/mol. The van der Waals surface area contributed by atoms with Crippen LogP contribution in [0.2, 0.25) is 0 Å². The molecule has 0 fully saturated rings. The molecule has 7 heteroatoms. The highest BCUT2D eigenvalue weighted by Crippen LogP contribution is 2.25. The number of para-hydroxylation sites is 1. The molecule has 146 valence electrons. The number of benzene rings is 2. The van der Waals surface area contributed by atoms with Gasteiger partial charge in [0.15, 0.2) is 0 Å². The number of carbonyl (C=O) groups is 1. The van der Waals surface area contributed by atoms with E-state index < -0.39 is 10.0 Å². The van der Waals surface area contributed by atoms with Crippen LogP contribution in [0.25, 0.3) is 0 Å². The summed E-state index contributed by atoms with van der Waals surface area (Å²) in [7, 11) is -2.14. The zero-order valence-corrected chi connectivity index (χ0v) is 17.0. The quantitative estimate of drug-likeness (QED) is 0.751. The Labute approximate surface area is 161 Å². The van der Waals surface area contributed by atoms with Gasteiger partial charge in [-0.05, 0) is 36.1 Å². The van der Waals surface area contributed by atoms with Crippen LogP contribution in [-0.2, 0) is 27.7 Å². The molecule has 0 aliphatic carbocycles. The van der Waals surface area contributed by atoms with Gasteiger partial charge in [0.2, 0.25) is 15.9 Å². The van der Waals surface area contributed by atoms with Crippen molar-refractivity contribution >= 4 is 27.3 Å². The lowest BCUT2D eigenvalue weighted by Gasteiger charge is -2.23. The summed E-state index contributed by atoms with van der Waals surface area (Å²) in [5.41, 5.74) is 3.20. The van der Waals surface area contributed by atoms with E-state index in [2.05, 4.69) is 5.32 Å². The molecule has 27 heavy (non-hydrogen) atoms. The van der Waals surface area contributed by atoms with Gasteiger partial charge in [-0.2, -0.15) is 0 Å². The molecule has 0 heterocycles. The van der Waals surface area contributed by atoms with Crippen LogP contribution >= 0.6 is 0 Å². The minimum atomic E-state index is -3.64.